The summed E-state index contributed by atoms with van der Waals surface area (Å²) >= 11 is 0. The first-order valence-electron chi connectivity index (χ1n) is 32.9. The number of para-hydroxylation sites is 2. The maximum atomic E-state index is 15.3. The van der Waals surface area contributed by atoms with Crippen LogP contribution in [0.15, 0.2) is 60.7 Å². The van der Waals surface area contributed by atoms with Crippen molar-refractivity contribution >= 4 is 105 Å². The fraction of sp³-hybridized carbons (Fsp3) is 0.529. The molecule has 8 N–H and O–H groups in total. The SMILES string of the molecule is CC(=O)OC1CCCN2C(=O)C(NC(=O)c3nc4ccccc4cc3O)COC(=O)C(C(C)(O)C(C)C)N(C)C(=O)CN(C)C(=O)CNC(=O)C3C(OC(C)=O)CCCN3C(=O)C(NC(=O)c3nc4ccccc4cc3O)COC(=O)C(C(C)(O)C(C)C)N(C)C(=O)CN(C)C(=O)CNC(=O)C12. The Hall–Kier alpha value is -10.6. The van der Waals surface area contributed by atoms with Gasteiger partial charge in [-0.05, 0) is 75.6 Å². The summed E-state index contributed by atoms with van der Waals surface area (Å²) < 4.78 is 22.7. The van der Waals surface area contributed by atoms with Crippen molar-refractivity contribution in [3.05, 3.63) is 72.1 Å². The summed E-state index contributed by atoms with van der Waals surface area (Å²) in [5, 5.41) is 56.8. The van der Waals surface area contributed by atoms with Crippen LogP contribution in [0.5, 0.6) is 11.5 Å². The van der Waals surface area contributed by atoms with Gasteiger partial charge in [-0.15, -0.1) is 0 Å². The fourth-order valence-corrected chi connectivity index (χ4v) is 12.1. The summed E-state index contributed by atoms with van der Waals surface area (Å²) in [6, 6.07) is 3.55. The average Bonchev–Trinajstić information content (AvgIpc) is 0.806. The number of rotatable bonds is 10. The number of likely N-dealkylation sites (N-methyl/N-ethyl adjacent to an activating group) is 4. The first kappa shape index (κ1) is 78.7. The minimum absolute atomic E-state index is 0.0432. The molecule has 552 valence electrons. The number of hydrogen-bond donors (Lipinski definition) is 8. The van der Waals surface area contributed by atoms with E-state index in [1.54, 1.807) is 36.4 Å². The quantitative estimate of drug-likeness (QED) is 0.0672. The zero-order valence-corrected chi connectivity index (χ0v) is 58.7. The lowest BCUT2D eigenvalue weighted by Crippen LogP contribution is -2.64. The molecule has 10 unspecified atom stereocenters. The second-order valence-electron chi connectivity index (χ2n) is 26.5. The molecule has 3 aliphatic heterocycles. The van der Waals surface area contributed by atoms with Gasteiger partial charge in [-0.3, -0.25) is 57.5 Å². The smallest absolute Gasteiger partial charge is 0.331 e. The van der Waals surface area contributed by atoms with Gasteiger partial charge in [0.05, 0.1) is 48.4 Å². The number of amides is 10. The molecule has 2 aromatic carbocycles. The van der Waals surface area contributed by atoms with Crippen molar-refractivity contribution in [2.24, 2.45) is 11.8 Å². The normalized spacial score (nSPS) is 24.1. The average molecular weight is 1430 g/mol. The van der Waals surface area contributed by atoms with Gasteiger partial charge in [-0.1, -0.05) is 64.1 Å². The fourth-order valence-electron chi connectivity index (χ4n) is 12.1. The summed E-state index contributed by atoms with van der Waals surface area (Å²) in [7, 11) is 4.47. The van der Waals surface area contributed by atoms with Crippen molar-refractivity contribution in [1.82, 2.24) is 60.6 Å². The van der Waals surface area contributed by atoms with E-state index in [2.05, 4.69) is 31.2 Å². The van der Waals surface area contributed by atoms with Crippen LogP contribution in [0, 0.1) is 11.8 Å². The number of fused-ring (bicyclic) bond motifs is 4. The number of aromatic hydroxyl groups is 2. The number of ether oxygens (including phenoxy) is 4. The summed E-state index contributed by atoms with van der Waals surface area (Å²) in [6.45, 7) is 4.00. The molecule has 4 aromatic rings. The summed E-state index contributed by atoms with van der Waals surface area (Å²) in [5.74, 6) is -18.6. The van der Waals surface area contributed by atoms with E-state index in [1.165, 1.54) is 65.8 Å². The zero-order valence-electron chi connectivity index (χ0n) is 58.7. The van der Waals surface area contributed by atoms with E-state index in [0.29, 0.717) is 10.8 Å². The highest BCUT2D eigenvalue weighted by atomic mass is 16.6. The number of pyridine rings is 2. The minimum Gasteiger partial charge on any atom is -0.505 e. The zero-order chi connectivity index (χ0) is 75.6. The minimum atomic E-state index is -2.20. The monoisotopic (exact) mass is 1420 g/mol. The van der Waals surface area contributed by atoms with E-state index in [0.717, 1.165) is 71.4 Å². The molecule has 10 amide bonds. The lowest BCUT2D eigenvalue weighted by atomic mass is 9.84. The molecule has 10 atom stereocenters. The molecule has 102 heavy (non-hydrogen) atoms. The number of nitrogens with one attached hydrogen (secondary N) is 4. The van der Waals surface area contributed by atoms with Gasteiger partial charge >= 0.3 is 23.9 Å². The van der Waals surface area contributed by atoms with Crippen LogP contribution >= 0.6 is 0 Å². The number of cyclic esters (lactones) is 2. The van der Waals surface area contributed by atoms with E-state index in [-0.39, 0.29) is 49.8 Å². The Morgan fingerprint density at radius 1 is 0.559 bits per heavy atom. The number of carbonyl (C=O) groups is 14. The van der Waals surface area contributed by atoms with Gasteiger partial charge in [0.1, 0.15) is 61.1 Å². The molecular formula is C68H88N12O22. The van der Waals surface area contributed by atoms with Gasteiger partial charge in [0.15, 0.2) is 23.5 Å². The maximum Gasteiger partial charge on any atom is 0.331 e. The topological polar surface area (TPSA) is 450 Å². The largest absolute Gasteiger partial charge is 0.505 e. The van der Waals surface area contributed by atoms with Gasteiger partial charge < -0.3 is 90.0 Å². The van der Waals surface area contributed by atoms with Crippen LogP contribution < -0.4 is 21.3 Å². The van der Waals surface area contributed by atoms with Gasteiger partial charge in [0, 0.05) is 65.9 Å². The van der Waals surface area contributed by atoms with Crippen molar-refractivity contribution in [2.45, 2.75) is 141 Å². The highest BCUT2D eigenvalue weighted by Crippen LogP contribution is 2.31. The third-order valence-electron chi connectivity index (χ3n) is 18.6. The predicted octanol–water partition coefficient (Wildman–Crippen LogP) is -1.35. The number of esters is 4. The lowest BCUT2D eigenvalue weighted by molar-refractivity contribution is -0.171. The third-order valence-corrected chi connectivity index (χ3v) is 18.6. The van der Waals surface area contributed by atoms with Crippen LogP contribution in [0.1, 0.15) is 102 Å². The lowest BCUT2D eigenvalue weighted by Gasteiger charge is -2.42. The van der Waals surface area contributed by atoms with Gasteiger partial charge in [0.25, 0.3) is 11.8 Å². The summed E-state index contributed by atoms with van der Waals surface area (Å²) in [5.41, 5.74) is -5.15. The molecule has 7 rings (SSSR count). The van der Waals surface area contributed by atoms with Crippen LogP contribution in [0.4, 0.5) is 0 Å². The molecule has 2 aromatic heterocycles. The van der Waals surface area contributed by atoms with Gasteiger partial charge in [-0.2, -0.15) is 0 Å². The second-order valence-corrected chi connectivity index (χ2v) is 26.5. The van der Waals surface area contributed by atoms with Crippen LogP contribution in [0.2, 0.25) is 0 Å². The Kier molecular flexibility index (Phi) is 25.6. The van der Waals surface area contributed by atoms with Gasteiger partial charge in [-0.25, -0.2) is 19.6 Å². The number of aromatic nitrogens is 2. The van der Waals surface area contributed by atoms with Crippen LogP contribution in [-0.2, 0) is 76.5 Å². The molecule has 0 spiro atoms. The first-order chi connectivity index (χ1) is 47.9. The number of aliphatic hydroxyl groups is 2. The van der Waals surface area contributed by atoms with Crippen LogP contribution in [0.25, 0.3) is 21.8 Å². The molecule has 34 heteroatoms. The van der Waals surface area contributed by atoms with E-state index in [1.807, 2.05) is 0 Å². The van der Waals surface area contributed by atoms with Crippen LogP contribution in [0.3, 0.4) is 0 Å². The number of piperidine rings is 2. The number of nitrogens with zero attached hydrogens (tertiary/aromatic N) is 8. The molecule has 3 saturated heterocycles. The molecule has 0 radical (unpaired) electrons. The molecule has 0 saturated carbocycles. The van der Waals surface area contributed by atoms with E-state index < -0.39 is 217 Å². The molecule has 5 heterocycles. The van der Waals surface area contributed by atoms with E-state index >= 15 is 9.59 Å². The molecule has 34 nitrogen and oxygen atoms in total. The Balaban J connectivity index is 1.30. The third kappa shape index (κ3) is 18.3. The number of carbonyl (C=O) groups excluding carboxylic acids is 14. The predicted molar refractivity (Wildman–Crippen MR) is 357 cm³/mol. The van der Waals surface area contributed by atoms with Crippen molar-refractivity contribution < 1.29 is 106 Å². The molecule has 3 fully saturated rings. The first-order valence-corrected chi connectivity index (χ1v) is 32.9. The van der Waals surface area contributed by atoms with Crippen LogP contribution in [-0.4, -0.2) is 283 Å². The van der Waals surface area contributed by atoms with Crippen molar-refractivity contribution in [2.75, 3.05) is 80.7 Å². The number of hydrogen-bond acceptors (Lipinski definition) is 24. The van der Waals surface area contributed by atoms with Crippen molar-refractivity contribution in [3.8, 4) is 11.5 Å². The van der Waals surface area contributed by atoms with Crippen molar-refractivity contribution in [3.63, 3.8) is 0 Å². The Morgan fingerprint density at radius 3 is 1.24 bits per heavy atom. The number of benzene rings is 2. The highest BCUT2D eigenvalue weighted by molar-refractivity contribution is 6.03. The van der Waals surface area contributed by atoms with E-state index in [9.17, 15) is 78.0 Å². The molecule has 0 aliphatic carbocycles. The van der Waals surface area contributed by atoms with Gasteiger partial charge in [0.2, 0.25) is 47.3 Å². The standard InChI is InChI=1S/C68H88N12O22/c1-35(2)67(7,97)57-65(95)99-33-43(73-59(89)53-45(83)27-39-19-13-15-21-41(39)71-53)63(93)79-25-17-23-47(101-37(5)81)55(79)61(91)70-30-50(86)76(10)32-52(88)78(12)58(68(8,98)36(3)4)66(96)100-34-44(74-60(90)54-46(84)28-40-20-14-16-22-42(40)72-54)64(94)80-26-18-24-48(102-38(6)82)56(80)62(92)69-29-49(85)75(9)31-51(87)77(57)11/h13-16,19-22,27-28,35-36,43-44,47-48,55-58,83-84,97-98H,17-18,23-26,29-34H2,1-12H3,(H,69,92)(H,70,91)(H,73,89)(H,74,90). The summed E-state index contributed by atoms with van der Waals surface area (Å²) in [4.78, 5) is 214. The Morgan fingerprint density at radius 2 is 0.902 bits per heavy atom. The van der Waals surface area contributed by atoms with E-state index in [4.69, 9.17) is 18.9 Å². The molecular weight excluding hydrogens is 1340 g/mol. The molecule has 0 bridgehead atoms. The van der Waals surface area contributed by atoms with Crippen molar-refractivity contribution in [1.29, 1.82) is 0 Å². The maximum absolute atomic E-state index is 15.3. The highest BCUT2D eigenvalue weighted by Gasteiger charge is 2.51. The summed E-state index contributed by atoms with van der Waals surface area (Å²) in [6.07, 6.45) is -2.86. The molecule has 3 aliphatic rings. The Bertz CT molecular complexity index is 3670. The Labute approximate surface area is 586 Å². The second kappa shape index (κ2) is 33.2.